The third-order valence-electron chi connectivity index (χ3n) is 3.33. The van der Waals surface area contributed by atoms with E-state index in [1.807, 2.05) is 27.7 Å². The molecule has 0 aliphatic rings. The van der Waals surface area contributed by atoms with E-state index in [1.165, 1.54) is 10.7 Å². The molecule has 0 spiro atoms. The van der Waals surface area contributed by atoms with Gasteiger partial charge in [-0.05, 0) is 19.1 Å². The first-order valence-electron chi connectivity index (χ1n) is 6.75. The Morgan fingerprint density at radius 1 is 1.24 bits per heavy atom. The van der Waals surface area contributed by atoms with Gasteiger partial charge >= 0.3 is 0 Å². The Kier molecular flexibility index (Phi) is 3.65. The quantitative estimate of drug-likeness (QED) is 0.926. The van der Waals surface area contributed by atoms with Crippen LogP contribution in [0.3, 0.4) is 0 Å². The standard InChI is InChI=1S/C15H19F2N3O/c1-5-19-13(15(2,3)4)12(18)14(21)20(19)11-7-6-9(16)8-10(11)17/h6-8H,5,18H2,1-4H3. The van der Waals surface area contributed by atoms with Crippen LogP contribution >= 0.6 is 0 Å². The third-order valence-corrected chi connectivity index (χ3v) is 3.33. The predicted octanol–water partition coefficient (Wildman–Crippen LogP) is 2.82. The van der Waals surface area contributed by atoms with Crippen LogP contribution < -0.4 is 11.3 Å². The average Bonchev–Trinajstić information content (AvgIpc) is 2.62. The average molecular weight is 295 g/mol. The summed E-state index contributed by atoms with van der Waals surface area (Å²) in [4.78, 5) is 12.4. The van der Waals surface area contributed by atoms with Crippen molar-refractivity contribution in [3.8, 4) is 5.69 Å². The smallest absolute Gasteiger partial charge is 0.294 e. The van der Waals surface area contributed by atoms with Gasteiger partial charge in [-0.1, -0.05) is 20.8 Å². The van der Waals surface area contributed by atoms with Crippen LogP contribution in [0.5, 0.6) is 0 Å². The largest absolute Gasteiger partial charge is 0.393 e. The lowest BCUT2D eigenvalue weighted by Crippen LogP contribution is -2.25. The fraction of sp³-hybridized carbons (Fsp3) is 0.400. The molecule has 0 saturated heterocycles. The number of aromatic nitrogens is 2. The minimum atomic E-state index is -0.801. The van der Waals surface area contributed by atoms with Crippen LogP contribution in [0, 0.1) is 11.6 Å². The molecule has 1 aromatic heterocycles. The fourth-order valence-electron chi connectivity index (χ4n) is 2.55. The van der Waals surface area contributed by atoms with Gasteiger partial charge in [0.1, 0.15) is 17.2 Å². The Labute approximate surface area is 121 Å². The van der Waals surface area contributed by atoms with Crippen LogP contribution in [0.4, 0.5) is 14.5 Å². The minimum absolute atomic E-state index is 0.00884. The number of halogens is 2. The summed E-state index contributed by atoms with van der Waals surface area (Å²) in [5.74, 6) is -1.49. The molecule has 0 radical (unpaired) electrons. The third kappa shape index (κ3) is 2.46. The van der Waals surface area contributed by atoms with Crippen molar-refractivity contribution in [2.45, 2.75) is 39.7 Å². The second-order valence-electron chi connectivity index (χ2n) is 5.94. The summed E-state index contributed by atoms with van der Waals surface area (Å²) in [5, 5.41) is 0. The summed E-state index contributed by atoms with van der Waals surface area (Å²) in [6.45, 7) is 8.06. The molecule has 1 aromatic carbocycles. The second kappa shape index (κ2) is 5.02. The van der Waals surface area contributed by atoms with E-state index in [0.717, 1.165) is 12.1 Å². The van der Waals surface area contributed by atoms with Gasteiger partial charge in [0.25, 0.3) is 5.56 Å². The Morgan fingerprint density at radius 2 is 1.86 bits per heavy atom. The number of benzene rings is 1. The summed E-state index contributed by atoms with van der Waals surface area (Å²) >= 11 is 0. The number of rotatable bonds is 2. The molecule has 0 saturated carbocycles. The highest BCUT2D eigenvalue weighted by atomic mass is 19.1. The molecular formula is C15H19F2N3O. The molecule has 1 heterocycles. The molecule has 4 nitrogen and oxygen atoms in total. The van der Waals surface area contributed by atoms with E-state index in [0.29, 0.717) is 12.2 Å². The lowest BCUT2D eigenvalue weighted by molar-refractivity contribution is 0.461. The maximum Gasteiger partial charge on any atom is 0.294 e. The van der Waals surface area contributed by atoms with E-state index < -0.39 is 17.2 Å². The summed E-state index contributed by atoms with van der Waals surface area (Å²) in [7, 11) is 0. The van der Waals surface area contributed by atoms with Crippen molar-refractivity contribution < 1.29 is 8.78 Å². The lowest BCUT2D eigenvalue weighted by atomic mass is 9.91. The number of hydrogen-bond acceptors (Lipinski definition) is 2. The molecule has 21 heavy (non-hydrogen) atoms. The Bertz CT molecular complexity index is 739. The lowest BCUT2D eigenvalue weighted by Gasteiger charge is -2.22. The molecule has 0 bridgehead atoms. The van der Waals surface area contributed by atoms with Gasteiger partial charge in [0.05, 0.1) is 5.69 Å². The van der Waals surface area contributed by atoms with Crippen molar-refractivity contribution in [1.29, 1.82) is 0 Å². The molecule has 0 amide bonds. The highest BCUT2D eigenvalue weighted by Crippen LogP contribution is 2.28. The number of anilines is 1. The Balaban J connectivity index is 2.85. The van der Waals surface area contributed by atoms with E-state index in [1.54, 1.807) is 4.68 Å². The number of hydrogen-bond donors (Lipinski definition) is 1. The fourth-order valence-corrected chi connectivity index (χ4v) is 2.55. The van der Waals surface area contributed by atoms with Crippen LogP contribution in [0.2, 0.25) is 0 Å². The molecule has 2 rings (SSSR count). The topological polar surface area (TPSA) is 52.9 Å². The SMILES string of the molecule is CCn1c(C(C)(C)C)c(N)c(=O)n1-c1ccc(F)cc1F. The highest BCUT2D eigenvalue weighted by Gasteiger charge is 2.28. The predicted molar refractivity (Wildman–Crippen MR) is 78.7 cm³/mol. The van der Waals surface area contributed by atoms with E-state index in [-0.39, 0.29) is 16.8 Å². The van der Waals surface area contributed by atoms with Crippen molar-refractivity contribution in [1.82, 2.24) is 9.36 Å². The van der Waals surface area contributed by atoms with E-state index in [9.17, 15) is 13.6 Å². The summed E-state index contributed by atoms with van der Waals surface area (Å²) < 4.78 is 29.9. The molecule has 2 aromatic rings. The highest BCUT2D eigenvalue weighted by molar-refractivity contribution is 5.48. The maximum atomic E-state index is 14.0. The number of nitrogen functional groups attached to an aromatic ring is 1. The molecule has 2 N–H and O–H groups in total. The van der Waals surface area contributed by atoms with Crippen molar-refractivity contribution in [3.63, 3.8) is 0 Å². The zero-order valence-electron chi connectivity index (χ0n) is 12.6. The summed E-state index contributed by atoms with van der Waals surface area (Å²) in [6.07, 6.45) is 0. The number of nitrogens with two attached hydrogens (primary N) is 1. The molecule has 0 unspecified atom stereocenters. The molecule has 6 heteroatoms. The van der Waals surface area contributed by atoms with Crippen LogP contribution in [0.25, 0.3) is 5.69 Å². The van der Waals surface area contributed by atoms with E-state index in [4.69, 9.17) is 5.73 Å². The van der Waals surface area contributed by atoms with Gasteiger partial charge < -0.3 is 5.73 Å². The van der Waals surface area contributed by atoms with Gasteiger partial charge in [-0.15, -0.1) is 0 Å². The normalized spacial score (nSPS) is 11.9. The van der Waals surface area contributed by atoms with Crippen molar-refractivity contribution >= 4 is 5.69 Å². The zero-order chi connectivity index (χ0) is 15.9. The number of nitrogens with zero attached hydrogens (tertiary/aromatic N) is 2. The van der Waals surface area contributed by atoms with Crippen LogP contribution in [0.15, 0.2) is 23.0 Å². The summed E-state index contributed by atoms with van der Waals surface area (Å²) in [6, 6.07) is 3.11. The van der Waals surface area contributed by atoms with Crippen molar-refractivity contribution in [3.05, 3.63) is 45.9 Å². The Morgan fingerprint density at radius 3 is 2.33 bits per heavy atom. The zero-order valence-corrected chi connectivity index (χ0v) is 12.6. The molecule has 0 atom stereocenters. The molecular weight excluding hydrogens is 276 g/mol. The van der Waals surface area contributed by atoms with Gasteiger partial charge in [0.2, 0.25) is 0 Å². The molecule has 0 aliphatic heterocycles. The molecule has 0 aliphatic carbocycles. The van der Waals surface area contributed by atoms with Crippen LogP contribution in [-0.2, 0) is 12.0 Å². The minimum Gasteiger partial charge on any atom is -0.393 e. The summed E-state index contributed by atoms with van der Waals surface area (Å²) in [5.41, 5.74) is 5.78. The van der Waals surface area contributed by atoms with E-state index in [2.05, 4.69) is 0 Å². The van der Waals surface area contributed by atoms with Crippen molar-refractivity contribution in [2.24, 2.45) is 0 Å². The van der Waals surface area contributed by atoms with E-state index >= 15 is 0 Å². The monoisotopic (exact) mass is 295 g/mol. The van der Waals surface area contributed by atoms with Crippen LogP contribution in [0.1, 0.15) is 33.4 Å². The van der Waals surface area contributed by atoms with Gasteiger partial charge in [-0.3, -0.25) is 9.48 Å². The van der Waals surface area contributed by atoms with Gasteiger partial charge in [0.15, 0.2) is 5.82 Å². The molecule has 0 fully saturated rings. The molecule has 114 valence electrons. The Hall–Kier alpha value is -2.11. The first-order chi connectivity index (χ1) is 9.68. The van der Waals surface area contributed by atoms with Crippen molar-refractivity contribution in [2.75, 3.05) is 5.73 Å². The van der Waals surface area contributed by atoms with Gasteiger partial charge in [-0.25, -0.2) is 13.5 Å². The van der Waals surface area contributed by atoms with Gasteiger partial charge in [0, 0.05) is 18.0 Å². The second-order valence-corrected chi connectivity index (χ2v) is 5.94. The first kappa shape index (κ1) is 15.3. The van der Waals surface area contributed by atoms with Crippen LogP contribution in [-0.4, -0.2) is 9.36 Å². The maximum absolute atomic E-state index is 14.0. The van der Waals surface area contributed by atoms with Gasteiger partial charge in [-0.2, -0.15) is 0 Å². The first-order valence-corrected chi connectivity index (χ1v) is 6.75.